The van der Waals surface area contributed by atoms with Gasteiger partial charge in [-0.25, -0.2) is 0 Å². The Balaban J connectivity index is 0.00000784. The van der Waals surface area contributed by atoms with Crippen molar-refractivity contribution >= 4 is 11.8 Å². The highest BCUT2D eigenvalue weighted by molar-refractivity contribution is 5.87. The van der Waals surface area contributed by atoms with Crippen LogP contribution in [0.2, 0.25) is 0 Å². The molecule has 5 nitrogen and oxygen atoms in total. The highest BCUT2D eigenvalue weighted by Gasteiger charge is 2.21. The van der Waals surface area contributed by atoms with E-state index in [1.165, 1.54) is 19.3 Å². The Hall–Kier alpha value is -1.40. The van der Waals surface area contributed by atoms with E-state index in [4.69, 9.17) is 0 Å². The number of quaternary nitrogens is 1. The number of carbonyl (C=O) groups is 2. The summed E-state index contributed by atoms with van der Waals surface area (Å²) >= 11 is 0. The fourth-order valence-electron chi connectivity index (χ4n) is 3.10. The zero-order chi connectivity index (χ0) is 20.8. The van der Waals surface area contributed by atoms with E-state index in [9.17, 15) is 9.59 Å². The Labute approximate surface area is 188 Å². The lowest BCUT2D eigenvalue weighted by Crippen LogP contribution is -3.00. The first kappa shape index (κ1) is 27.6. The molecule has 0 radical (unpaired) electrons. The Kier molecular flexibility index (Phi) is 14.7. The van der Waals surface area contributed by atoms with Crippen molar-refractivity contribution in [3.05, 3.63) is 35.9 Å². The number of nitrogens with one attached hydrogen (secondary N) is 2. The second-order valence-electron chi connectivity index (χ2n) is 8.63. The zero-order valence-electron chi connectivity index (χ0n) is 18.7. The molecule has 2 amide bonds. The third kappa shape index (κ3) is 14.3. The molecule has 0 saturated carbocycles. The molecule has 0 unspecified atom stereocenters. The number of benzene rings is 1. The van der Waals surface area contributed by atoms with Crippen LogP contribution in [0.4, 0.5) is 0 Å². The highest BCUT2D eigenvalue weighted by Crippen LogP contribution is 2.07. The van der Waals surface area contributed by atoms with Crippen LogP contribution in [0.25, 0.3) is 0 Å². The Morgan fingerprint density at radius 1 is 0.966 bits per heavy atom. The summed E-state index contributed by atoms with van der Waals surface area (Å²) in [4.78, 5) is 25.0. The SMILES string of the molecule is CCCCCCCC(=O)N[C@@H](Cc1ccccc1)C(=O)NCCC[N+](C)(C)C.[Br-]. The number of carbonyl (C=O) groups excluding carboxylic acids is 2. The topological polar surface area (TPSA) is 58.2 Å². The standard InChI is InChI=1S/C23H39N3O2.BrH/c1-5-6-7-8-12-16-22(27)25-21(19-20-14-10-9-11-15-20)23(28)24-17-13-18-26(2,3)4;/h9-11,14-15,21H,5-8,12-13,16-19H2,1-4H3,(H-,24,25,27,28);1H/t21-;/m0./s1. The van der Waals surface area contributed by atoms with Crippen molar-refractivity contribution < 1.29 is 31.1 Å². The largest absolute Gasteiger partial charge is 1.00 e. The van der Waals surface area contributed by atoms with Crippen molar-refractivity contribution in [2.24, 2.45) is 0 Å². The van der Waals surface area contributed by atoms with Gasteiger partial charge in [-0.15, -0.1) is 0 Å². The summed E-state index contributed by atoms with van der Waals surface area (Å²) in [7, 11) is 6.42. The van der Waals surface area contributed by atoms with Gasteiger partial charge >= 0.3 is 0 Å². The fourth-order valence-corrected chi connectivity index (χ4v) is 3.10. The lowest BCUT2D eigenvalue weighted by Gasteiger charge is -2.24. The normalized spacial score (nSPS) is 12.0. The second kappa shape index (κ2) is 15.4. The molecule has 1 aromatic carbocycles. The molecule has 0 bridgehead atoms. The Morgan fingerprint density at radius 3 is 2.24 bits per heavy atom. The van der Waals surface area contributed by atoms with E-state index in [1.807, 2.05) is 30.3 Å². The Bertz CT molecular complexity index is 573. The van der Waals surface area contributed by atoms with E-state index in [0.717, 1.165) is 35.9 Å². The van der Waals surface area contributed by atoms with Crippen molar-refractivity contribution in [1.82, 2.24) is 10.6 Å². The first-order chi connectivity index (χ1) is 13.3. The van der Waals surface area contributed by atoms with Gasteiger partial charge < -0.3 is 32.1 Å². The Morgan fingerprint density at radius 2 is 1.62 bits per heavy atom. The second-order valence-corrected chi connectivity index (χ2v) is 8.63. The van der Waals surface area contributed by atoms with E-state index < -0.39 is 6.04 Å². The molecule has 0 spiro atoms. The van der Waals surface area contributed by atoms with Crippen LogP contribution in [-0.4, -0.2) is 56.6 Å². The van der Waals surface area contributed by atoms with Gasteiger partial charge in [0, 0.05) is 25.8 Å². The average molecular weight is 470 g/mol. The van der Waals surface area contributed by atoms with Gasteiger partial charge in [-0.1, -0.05) is 62.9 Å². The predicted octanol–water partition coefficient (Wildman–Crippen LogP) is 0.291. The van der Waals surface area contributed by atoms with Gasteiger partial charge in [0.1, 0.15) is 6.04 Å². The van der Waals surface area contributed by atoms with Crippen LogP contribution in [0.15, 0.2) is 30.3 Å². The quantitative estimate of drug-likeness (QED) is 0.304. The maximum absolute atomic E-state index is 12.7. The summed E-state index contributed by atoms with van der Waals surface area (Å²) < 4.78 is 0.873. The molecule has 1 atom stereocenters. The van der Waals surface area contributed by atoms with Gasteiger partial charge in [0.05, 0.1) is 27.7 Å². The van der Waals surface area contributed by atoms with Gasteiger partial charge in [-0.3, -0.25) is 9.59 Å². The summed E-state index contributed by atoms with van der Waals surface area (Å²) in [6, 6.07) is 9.35. The molecule has 6 heteroatoms. The maximum atomic E-state index is 12.7. The zero-order valence-corrected chi connectivity index (χ0v) is 20.3. The number of nitrogens with zero attached hydrogens (tertiary/aromatic N) is 1. The molecule has 2 N–H and O–H groups in total. The third-order valence-electron chi connectivity index (χ3n) is 4.75. The molecule has 0 aliphatic carbocycles. The fraction of sp³-hybridized carbons (Fsp3) is 0.652. The van der Waals surface area contributed by atoms with Crippen molar-refractivity contribution in [2.75, 3.05) is 34.2 Å². The van der Waals surface area contributed by atoms with Crippen molar-refractivity contribution in [3.8, 4) is 0 Å². The van der Waals surface area contributed by atoms with E-state index in [2.05, 4.69) is 38.7 Å². The van der Waals surface area contributed by atoms with Crippen LogP contribution in [0.1, 0.15) is 57.4 Å². The van der Waals surface area contributed by atoms with Gasteiger partial charge in [-0.2, -0.15) is 0 Å². The van der Waals surface area contributed by atoms with Crippen LogP contribution >= 0.6 is 0 Å². The molecule has 0 aromatic heterocycles. The summed E-state index contributed by atoms with van der Waals surface area (Å²) in [6.45, 7) is 3.81. The minimum atomic E-state index is -0.519. The molecular formula is C23H40BrN3O2. The van der Waals surface area contributed by atoms with Gasteiger partial charge in [0.15, 0.2) is 0 Å². The van der Waals surface area contributed by atoms with Crippen molar-refractivity contribution in [3.63, 3.8) is 0 Å². The van der Waals surface area contributed by atoms with Crippen LogP contribution < -0.4 is 27.6 Å². The lowest BCUT2D eigenvalue weighted by atomic mass is 10.0. The van der Waals surface area contributed by atoms with E-state index in [-0.39, 0.29) is 28.8 Å². The molecule has 0 fully saturated rings. The number of hydrogen-bond donors (Lipinski definition) is 2. The molecule has 0 heterocycles. The predicted molar refractivity (Wildman–Crippen MR) is 116 cm³/mol. The minimum absolute atomic E-state index is 0. The average Bonchev–Trinajstić information content (AvgIpc) is 2.64. The third-order valence-corrected chi connectivity index (χ3v) is 4.75. The number of rotatable bonds is 14. The van der Waals surface area contributed by atoms with Crippen LogP contribution in [0.5, 0.6) is 0 Å². The summed E-state index contributed by atoms with van der Waals surface area (Å²) in [5.41, 5.74) is 1.05. The van der Waals surface area contributed by atoms with Gasteiger partial charge in [0.25, 0.3) is 0 Å². The van der Waals surface area contributed by atoms with Crippen molar-refractivity contribution in [2.45, 2.75) is 64.3 Å². The molecule has 0 saturated heterocycles. The monoisotopic (exact) mass is 469 g/mol. The van der Waals surface area contributed by atoms with Crippen molar-refractivity contribution in [1.29, 1.82) is 0 Å². The molecule has 1 aromatic rings. The molecular weight excluding hydrogens is 430 g/mol. The number of unbranched alkanes of at least 4 members (excludes halogenated alkanes) is 4. The number of amides is 2. The lowest BCUT2D eigenvalue weighted by molar-refractivity contribution is -0.870. The number of hydrogen-bond acceptors (Lipinski definition) is 2. The van der Waals surface area contributed by atoms with E-state index in [1.54, 1.807) is 0 Å². The van der Waals surface area contributed by atoms with Crippen LogP contribution in [0, 0.1) is 0 Å². The summed E-state index contributed by atoms with van der Waals surface area (Å²) in [6.07, 6.45) is 7.46. The molecule has 0 aliphatic rings. The first-order valence-corrected chi connectivity index (χ1v) is 10.7. The molecule has 1 rings (SSSR count). The molecule has 0 aliphatic heterocycles. The van der Waals surface area contributed by atoms with E-state index >= 15 is 0 Å². The molecule has 29 heavy (non-hydrogen) atoms. The smallest absolute Gasteiger partial charge is 0.242 e. The van der Waals surface area contributed by atoms with Crippen LogP contribution in [0.3, 0.4) is 0 Å². The van der Waals surface area contributed by atoms with Gasteiger partial charge in [0.2, 0.25) is 11.8 Å². The van der Waals surface area contributed by atoms with E-state index in [0.29, 0.717) is 19.4 Å². The first-order valence-electron chi connectivity index (χ1n) is 10.7. The highest BCUT2D eigenvalue weighted by atomic mass is 79.9. The maximum Gasteiger partial charge on any atom is 0.242 e. The summed E-state index contributed by atoms with van der Waals surface area (Å²) in [5, 5.41) is 5.96. The van der Waals surface area contributed by atoms with Gasteiger partial charge in [-0.05, 0) is 12.0 Å². The molecule has 166 valence electrons. The number of halogens is 1. The van der Waals surface area contributed by atoms with Crippen LogP contribution in [-0.2, 0) is 16.0 Å². The summed E-state index contributed by atoms with van der Waals surface area (Å²) in [5.74, 6) is -0.122. The minimum Gasteiger partial charge on any atom is -1.00 e.